The molecule has 0 aromatic heterocycles. The van der Waals surface area contributed by atoms with Gasteiger partial charge in [0.25, 0.3) is 0 Å². The molecule has 1 aromatic carbocycles. The molecule has 0 heterocycles. The van der Waals surface area contributed by atoms with Gasteiger partial charge < -0.3 is 0 Å². The van der Waals surface area contributed by atoms with Crippen LogP contribution in [0.15, 0.2) is 18.2 Å². The van der Waals surface area contributed by atoms with E-state index in [1.54, 1.807) is 6.07 Å². The summed E-state index contributed by atoms with van der Waals surface area (Å²) in [5.74, 6) is 0. The van der Waals surface area contributed by atoms with Gasteiger partial charge >= 0.3 is 0 Å². The van der Waals surface area contributed by atoms with E-state index in [0.29, 0.717) is 10.0 Å². The van der Waals surface area contributed by atoms with Crippen LogP contribution in [0.25, 0.3) is 0 Å². The van der Waals surface area contributed by atoms with Gasteiger partial charge in [-0.25, -0.2) is 5.43 Å². The molecule has 0 saturated heterocycles. The van der Waals surface area contributed by atoms with Gasteiger partial charge in [0, 0.05) is 30.2 Å². The van der Waals surface area contributed by atoms with Crippen molar-refractivity contribution in [3.8, 4) is 0 Å². The van der Waals surface area contributed by atoms with Gasteiger partial charge in [-0.3, -0.25) is 5.01 Å². The molecule has 0 saturated carbocycles. The highest BCUT2D eigenvalue weighted by Crippen LogP contribution is 2.25. The number of hydrogen-bond acceptors (Lipinski definition) is 2. The molecule has 1 aromatic rings. The predicted octanol–water partition coefficient (Wildman–Crippen LogP) is 3.12. The first kappa shape index (κ1) is 11.8. The number of rotatable bonds is 3. The Bertz CT molecular complexity index is 313. The van der Waals surface area contributed by atoms with Crippen LogP contribution < -0.4 is 5.43 Å². The molecule has 2 nitrogen and oxygen atoms in total. The number of nitrogens with zero attached hydrogens (tertiary/aromatic N) is 1. The zero-order valence-electron chi connectivity index (χ0n) is 8.51. The lowest BCUT2D eigenvalue weighted by Crippen LogP contribution is -2.32. The molecule has 4 heteroatoms. The zero-order valence-corrected chi connectivity index (χ0v) is 10.0. The first-order chi connectivity index (χ1) is 6.50. The molecular weight excluding hydrogens is 219 g/mol. The third kappa shape index (κ3) is 3.14. The van der Waals surface area contributed by atoms with Gasteiger partial charge in [0.2, 0.25) is 0 Å². The summed E-state index contributed by atoms with van der Waals surface area (Å²) < 4.78 is 0. The van der Waals surface area contributed by atoms with Crippen molar-refractivity contribution in [1.82, 2.24) is 10.4 Å². The highest BCUT2D eigenvalue weighted by Gasteiger charge is 2.09. The van der Waals surface area contributed by atoms with Gasteiger partial charge in [-0.1, -0.05) is 29.3 Å². The van der Waals surface area contributed by atoms with Crippen LogP contribution in [-0.4, -0.2) is 19.1 Å². The van der Waals surface area contributed by atoms with Crippen molar-refractivity contribution in [3.63, 3.8) is 0 Å². The number of halogens is 2. The second-order valence-electron chi connectivity index (χ2n) is 3.41. The smallest absolute Gasteiger partial charge is 0.0469 e. The number of hydrogen-bond donors (Lipinski definition) is 1. The van der Waals surface area contributed by atoms with Gasteiger partial charge in [-0.15, -0.1) is 0 Å². The van der Waals surface area contributed by atoms with Crippen LogP contribution in [-0.2, 0) is 0 Å². The maximum atomic E-state index is 6.06. The van der Waals surface area contributed by atoms with E-state index >= 15 is 0 Å². The molecule has 78 valence electrons. The van der Waals surface area contributed by atoms with Crippen molar-refractivity contribution < 1.29 is 0 Å². The Morgan fingerprint density at radius 2 is 1.93 bits per heavy atom. The maximum Gasteiger partial charge on any atom is 0.0469 e. The minimum Gasteiger partial charge on any atom is -0.250 e. The van der Waals surface area contributed by atoms with E-state index in [2.05, 4.69) is 12.3 Å². The van der Waals surface area contributed by atoms with Gasteiger partial charge in [-0.2, -0.15) is 0 Å². The topological polar surface area (TPSA) is 15.3 Å². The van der Waals surface area contributed by atoms with Crippen LogP contribution >= 0.6 is 23.2 Å². The molecular formula is C10H14Cl2N2. The predicted molar refractivity (Wildman–Crippen MR) is 61.7 cm³/mol. The van der Waals surface area contributed by atoms with Crippen molar-refractivity contribution in [3.05, 3.63) is 33.8 Å². The molecule has 1 atom stereocenters. The Morgan fingerprint density at radius 3 is 2.43 bits per heavy atom. The lowest BCUT2D eigenvalue weighted by Gasteiger charge is -2.20. The summed E-state index contributed by atoms with van der Waals surface area (Å²) in [7, 11) is 3.89. The van der Waals surface area contributed by atoms with E-state index in [1.807, 2.05) is 31.2 Å². The van der Waals surface area contributed by atoms with Crippen LogP contribution in [0.4, 0.5) is 0 Å². The first-order valence-corrected chi connectivity index (χ1v) is 5.14. The SMILES string of the molecule is CC(NN(C)C)c1ccc(Cl)cc1Cl. The molecule has 0 bridgehead atoms. The Balaban J connectivity index is 2.84. The zero-order chi connectivity index (χ0) is 10.7. The molecule has 0 spiro atoms. The molecule has 1 unspecified atom stereocenters. The Labute approximate surface area is 94.8 Å². The van der Waals surface area contributed by atoms with Crippen LogP contribution in [0.1, 0.15) is 18.5 Å². The van der Waals surface area contributed by atoms with Gasteiger partial charge in [-0.05, 0) is 24.6 Å². The fourth-order valence-electron chi connectivity index (χ4n) is 1.31. The van der Waals surface area contributed by atoms with Crippen molar-refractivity contribution >= 4 is 23.2 Å². The van der Waals surface area contributed by atoms with Crippen molar-refractivity contribution in [2.75, 3.05) is 14.1 Å². The van der Waals surface area contributed by atoms with Gasteiger partial charge in [0.05, 0.1) is 0 Å². The van der Waals surface area contributed by atoms with Crippen LogP contribution in [0, 0.1) is 0 Å². The summed E-state index contributed by atoms with van der Waals surface area (Å²) in [6.45, 7) is 2.05. The number of nitrogens with one attached hydrogen (secondary N) is 1. The lowest BCUT2D eigenvalue weighted by molar-refractivity contribution is 0.252. The van der Waals surface area contributed by atoms with Crippen molar-refractivity contribution in [1.29, 1.82) is 0 Å². The second kappa shape index (κ2) is 4.99. The third-order valence-corrected chi connectivity index (χ3v) is 2.44. The van der Waals surface area contributed by atoms with E-state index in [4.69, 9.17) is 23.2 Å². The Hall–Kier alpha value is -0.280. The standard InChI is InChI=1S/C10H14Cl2N2/c1-7(13-14(2)3)9-5-4-8(11)6-10(9)12/h4-7,13H,1-3H3. The van der Waals surface area contributed by atoms with E-state index < -0.39 is 0 Å². The molecule has 0 aliphatic carbocycles. The van der Waals surface area contributed by atoms with Gasteiger partial charge in [0.15, 0.2) is 0 Å². The van der Waals surface area contributed by atoms with E-state index in [1.165, 1.54) is 0 Å². The summed E-state index contributed by atoms with van der Waals surface area (Å²) in [6, 6.07) is 5.71. The monoisotopic (exact) mass is 232 g/mol. The quantitative estimate of drug-likeness (QED) is 0.807. The second-order valence-corrected chi connectivity index (χ2v) is 4.25. The molecule has 14 heavy (non-hydrogen) atoms. The molecule has 0 aliphatic rings. The van der Waals surface area contributed by atoms with Crippen molar-refractivity contribution in [2.45, 2.75) is 13.0 Å². The lowest BCUT2D eigenvalue weighted by atomic mass is 10.1. The summed E-state index contributed by atoms with van der Waals surface area (Å²) in [5, 5.41) is 3.26. The summed E-state index contributed by atoms with van der Waals surface area (Å²) in [5.41, 5.74) is 4.27. The normalized spacial score (nSPS) is 13.3. The maximum absolute atomic E-state index is 6.06. The highest BCUT2D eigenvalue weighted by atomic mass is 35.5. The molecule has 0 amide bonds. The number of benzene rings is 1. The molecule has 0 radical (unpaired) electrons. The fourth-order valence-corrected chi connectivity index (χ4v) is 1.88. The van der Waals surface area contributed by atoms with Gasteiger partial charge in [0.1, 0.15) is 0 Å². The molecule has 0 fully saturated rings. The van der Waals surface area contributed by atoms with Crippen LogP contribution in [0.3, 0.4) is 0 Å². The molecule has 1 N–H and O–H groups in total. The molecule has 1 rings (SSSR count). The van der Waals surface area contributed by atoms with Crippen molar-refractivity contribution in [2.24, 2.45) is 0 Å². The average molecular weight is 233 g/mol. The Kier molecular flexibility index (Phi) is 4.20. The van der Waals surface area contributed by atoms with E-state index in [9.17, 15) is 0 Å². The number of hydrazine groups is 1. The summed E-state index contributed by atoms with van der Waals surface area (Å²) >= 11 is 11.9. The fraction of sp³-hybridized carbons (Fsp3) is 0.400. The minimum atomic E-state index is 0.176. The Morgan fingerprint density at radius 1 is 1.29 bits per heavy atom. The third-order valence-electron chi connectivity index (χ3n) is 1.88. The first-order valence-electron chi connectivity index (χ1n) is 4.39. The van der Waals surface area contributed by atoms with Crippen LogP contribution in [0.2, 0.25) is 10.0 Å². The summed E-state index contributed by atoms with van der Waals surface area (Å²) in [4.78, 5) is 0. The van der Waals surface area contributed by atoms with Crippen LogP contribution in [0.5, 0.6) is 0 Å². The largest absolute Gasteiger partial charge is 0.250 e. The summed E-state index contributed by atoms with van der Waals surface area (Å²) in [6.07, 6.45) is 0. The highest BCUT2D eigenvalue weighted by molar-refractivity contribution is 6.35. The molecule has 0 aliphatic heterocycles. The van der Waals surface area contributed by atoms with E-state index in [0.717, 1.165) is 5.56 Å². The average Bonchev–Trinajstić information content (AvgIpc) is 2.01. The minimum absolute atomic E-state index is 0.176. The van der Waals surface area contributed by atoms with E-state index in [-0.39, 0.29) is 6.04 Å².